The van der Waals surface area contributed by atoms with Gasteiger partial charge in [-0.05, 0) is 174 Å². The summed E-state index contributed by atoms with van der Waals surface area (Å²) < 4.78 is 56.1. The Morgan fingerprint density at radius 3 is 0.971 bits per heavy atom. The monoisotopic (exact) mass is 918 g/mol. The minimum Gasteiger partial charge on any atom is -0.497 e. The predicted molar refractivity (Wildman–Crippen MR) is 268 cm³/mol. The van der Waals surface area contributed by atoms with Crippen molar-refractivity contribution in [2.75, 3.05) is 84.2 Å². The fourth-order valence-electron chi connectivity index (χ4n) is 10.0. The Labute approximate surface area is 396 Å². The van der Waals surface area contributed by atoms with Gasteiger partial charge in [-0.3, -0.25) is 0 Å². The second kappa shape index (κ2) is 19.5. The fourth-order valence-corrected chi connectivity index (χ4v) is 10.0. The molecule has 0 saturated carbocycles. The van der Waals surface area contributed by atoms with E-state index in [2.05, 4.69) is 95.6 Å². The molecule has 0 spiro atoms. The summed E-state index contributed by atoms with van der Waals surface area (Å²) in [5.41, 5.74) is 7.22. The maximum atomic E-state index is 5.67. The molecule has 0 bridgehead atoms. The number of hydrogen-bond donors (Lipinski definition) is 2. The molecule has 2 N–H and O–H groups in total. The summed E-state index contributed by atoms with van der Waals surface area (Å²) in [4.78, 5) is 0. The highest BCUT2D eigenvalue weighted by Gasteiger charge is 2.29. The third kappa shape index (κ3) is 8.17. The van der Waals surface area contributed by atoms with Crippen LogP contribution in [0.5, 0.6) is 57.5 Å². The van der Waals surface area contributed by atoms with Crippen molar-refractivity contribution in [1.29, 1.82) is 0 Å². The Balaban J connectivity index is 0.000000170. The van der Waals surface area contributed by atoms with Crippen LogP contribution in [0.25, 0.3) is 43.1 Å². The molecule has 0 fully saturated rings. The lowest BCUT2D eigenvalue weighted by Gasteiger charge is -2.30. The number of hydrogen-bond acceptors (Lipinski definition) is 12. The fraction of sp³-hybridized carbons (Fsp3) is 0.286. The van der Waals surface area contributed by atoms with E-state index in [0.717, 1.165) is 104 Å². The summed E-state index contributed by atoms with van der Waals surface area (Å²) >= 11 is 0. The smallest absolute Gasteiger partial charge is 0.161 e. The first-order chi connectivity index (χ1) is 33.2. The highest BCUT2D eigenvalue weighted by Crippen LogP contribution is 2.46. The van der Waals surface area contributed by atoms with Crippen LogP contribution >= 0.6 is 0 Å². The van der Waals surface area contributed by atoms with Crippen LogP contribution in [0.15, 0.2) is 97.1 Å². The minimum absolute atomic E-state index is 0.0179. The molecule has 0 saturated heterocycles. The molecule has 0 radical (unpaired) electrons. The molecule has 68 heavy (non-hydrogen) atoms. The Morgan fingerprint density at radius 1 is 0.309 bits per heavy atom. The van der Waals surface area contributed by atoms with E-state index in [1.54, 1.807) is 71.1 Å². The lowest BCUT2D eigenvalue weighted by molar-refractivity contribution is 0.353. The second-order valence-electron chi connectivity index (χ2n) is 16.7. The predicted octanol–water partition coefficient (Wildman–Crippen LogP) is 10.5. The molecule has 2 heterocycles. The SMILES string of the molecule is COc1ccc2cc(C3NCCc4cc(OC)c(OC)cc43)c3cc(OC)c(OC)cc3c2c1.COc1ccc2cc(C3NCCc4cc(OC)c(OC)cc43)c3cc(OC)c(OC)cc3c2c1. The van der Waals surface area contributed by atoms with Crippen LogP contribution in [0.4, 0.5) is 0 Å². The molecule has 0 aliphatic carbocycles. The van der Waals surface area contributed by atoms with Gasteiger partial charge in [-0.15, -0.1) is 0 Å². The van der Waals surface area contributed by atoms with Gasteiger partial charge in [0, 0.05) is 13.1 Å². The van der Waals surface area contributed by atoms with E-state index in [0.29, 0.717) is 23.0 Å². The molecule has 12 nitrogen and oxygen atoms in total. The molecule has 8 aromatic carbocycles. The Bertz CT molecular complexity index is 2970. The lowest BCUT2D eigenvalue weighted by atomic mass is 9.85. The Morgan fingerprint density at radius 2 is 0.632 bits per heavy atom. The molecule has 2 unspecified atom stereocenters. The first-order valence-corrected chi connectivity index (χ1v) is 22.5. The number of fused-ring (bicyclic) bond motifs is 8. The summed E-state index contributed by atoms with van der Waals surface area (Å²) in [5.74, 6) is 7.37. The van der Waals surface area contributed by atoms with Crippen LogP contribution < -0.4 is 58.0 Å². The van der Waals surface area contributed by atoms with E-state index >= 15 is 0 Å². The van der Waals surface area contributed by atoms with Gasteiger partial charge in [-0.1, -0.05) is 12.1 Å². The summed E-state index contributed by atoms with van der Waals surface area (Å²) in [6.07, 6.45) is 1.85. The molecule has 352 valence electrons. The summed E-state index contributed by atoms with van der Waals surface area (Å²) in [7, 11) is 16.7. The van der Waals surface area contributed by atoms with Gasteiger partial charge in [0.2, 0.25) is 0 Å². The minimum atomic E-state index is -0.0179. The molecule has 2 aliphatic heterocycles. The van der Waals surface area contributed by atoms with Crippen molar-refractivity contribution >= 4 is 43.1 Å². The van der Waals surface area contributed by atoms with Crippen molar-refractivity contribution in [2.45, 2.75) is 24.9 Å². The van der Waals surface area contributed by atoms with Crippen molar-refractivity contribution in [2.24, 2.45) is 0 Å². The lowest BCUT2D eigenvalue weighted by Crippen LogP contribution is -2.30. The van der Waals surface area contributed by atoms with Crippen LogP contribution in [0.2, 0.25) is 0 Å². The van der Waals surface area contributed by atoms with Crippen LogP contribution in [0.1, 0.15) is 45.5 Å². The zero-order chi connectivity index (χ0) is 47.6. The quantitative estimate of drug-likeness (QED) is 0.114. The van der Waals surface area contributed by atoms with E-state index in [9.17, 15) is 0 Å². The molecule has 12 heteroatoms. The van der Waals surface area contributed by atoms with Gasteiger partial charge >= 0.3 is 0 Å². The van der Waals surface area contributed by atoms with Gasteiger partial charge in [0.1, 0.15) is 11.5 Å². The maximum absolute atomic E-state index is 5.67. The number of ether oxygens (including phenoxy) is 10. The maximum Gasteiger partial charge on any atom is 0.161 e. The average molecular weight is 919 g/mol. The highest BCUT2D eigenvalue weighted by molar-refractivity contribution is 6.12. The van der Waals surface area contributed by atoms with Gasteiger partial charge in [-0.25, -0.2) is 0 Å². The molecule has 0 amide bonds. The Hall–Kier alpha value is -7.28. The van der Waals surface area contributed by atoms with Crippen molar-refractivity contribution < 1.29 is 47.4 Å². The first-order valence-electron chi connectivity index (χ1n) is 22.5. The standard InChI is InChI=1S/2C28H29NO5/c2*1-30-18-7-6-16-10-23(22-15-27(34-5)26(33-4)14-21(22)19(16)12-18)28-20-13-25(32-3)24(31-2)11-17(20)8-9-29-28/h2*6-7,10-15,28-29H,8-9H2,1-5H3. The van der Waals surface area contributed by atoms with E-state index in [-0.39, 0.29) is 12.1 Å². The summed E-state index contributed by atoms with van der Waals surface area (Å²) in [5, 5.41) is 16.3. The Kier molecular flexibility index (Phi) is 13.2. The highest BCUT2D eigenvalue weighted by atomic mass is 16.5. The van der Waals surface area contributed by atoms with Crippen molar-refractivity contribution in [3.63, 3.8) is 0 Å². The number of nitrogens with one attached hydrogen (secondary N) is 2. The number of benzene rings is 8. The zero-order valence-corrected chi connectivity index (χ0v) is 40.3. The molecule has 10 rings (SSSR count). The second-order valence-corrected chi connectivity index (χ2v) is 16.7. The van der Waals surface area contributed by atoms with Crippen LogP contribution in [0, 0.1) is 0 Å². The van der Waals surface area contributed by atoms with Crippen LogP contribution in [0.3, 0.4) is 0 Å². The molecule has 8 aromatic rings. The number of methoxy groups -OCH3 is 10. The van der Waals surface area contributed by atoms with Gasteiger partial charge in [0.15, 0.2) is 46.0 Å². The van der Waals surface area contributed by atoms with Crippen molar-refractivity contribution in [3.8, 4) is 57.5 Å². The molecule has 2 atom stereocenters. The summed E-state index contributed by atoms with van der Waals surface area (Å²) in [6.45, 7) is 1.73. The summed E-state index contributed by atoms with van der Waals surface area (Å²) in [6, 6.07) is 33.4. The molecular weight excluding hydrogens is 861 g/mol. The van der Waals surface area contributed by atoms with Gasteiger partial charge in [-0.2, -0.15) is 0 Å². The van der Waals surface area contributed by atoms with Crippen molar-refractivity contribution in [3.05, 3.63) is 130 Å². The van der Waals surface area contributed by atoms with Crippen LogP contribution in [-0.2, 0) is 12.8 Å². The average Bonchev–Trinajstić information content (AvgIpc) is 3.40. The van der Waals surface area contributed by atoms with E-state index < -0.39 is 0 Å². The van der Waals surface area contributed by atoms with E-state index in [4.69, 9.17) is 47.4 Å². The van der Waals surface area contributed by atoms with Gasteiger partial charge < -0.3 is 58.0 Å². The third-order valence-electron chi connectivity index (χ3n) is 13.4. The third-order valence-corrected chi connectivity index (χ3v) is 13.4. The van der Waals surface area contributed by atoms with Gasteiger partial charge in [0.05, 0.1) is 83.2 Å². The largest absolute Gasteiger partial charge is 0.497 e. The van der Waals surface area contributed by atoms with E-state index in [1.807, 2.05) is 12.1 Å². The molecule has 0 aromatic heterocycles. The molecular formula is C56H58N2O10. The van der Waals surface area contributed by atoms with Crippen LogP contribution in [-0.4, -0.2) is 84.2 Å². The van der Waals surface area contributed by atoms with Crippen molar-refractivity contribution in [1.82, 2.24) is 10.6 Å². The zero-order valence-electron chi connectivity index (χ0n) is 40.3. The first kappa shape index (κ1) is 45.9. The number of rotatable bonds is 12. The normalized spacial score (nSPS) is 15.1. The van der Waals surface area contributed by atoms with Gasteiger partial charge in [0.25, 0.3) is 0 Å². The molecule has 2 aliphatic rings. The van der Waals surface area contributed by atoms with E-state index in [1.165, 1.54) is 33.4 Å². The topological polar surface area (TPSA) is 116 Å².